The molecule has 0 aliphatic carbocycles. The Morgan fingerprint density at radius 2 is 2.50 bits per heavy atom. The summed E-state index contributed by atoms with van der Waals surface area (Å²) in [7, 11) is 0. The van der Waals surface area contributed by atoms with Gasteiger partial charge >= 0.3 is 0 Å². The summed E-state index contributed by atoms with van der Waals surface area (Å²) in [6.45, 7) is 2.83. The number of halogens is 1. The van der Waals surface area contributed by atoms with E-state index in [1.807, 2.05) is 19.1 Å². The molecule has 0 bridgehead atoms. The van der Waals surface area contributed by atoms with Crippen LogP contribution in [0, 0.1) is 0 Å². The average Bonchev–Trinajstić information content (AvgIpc) is 2.31. The zero-order valence-electron chi connectivity index (χ0n) is 5.67. The molecular weight excluding hydrogens is 166 g/mol. The maximum Gasteiger partial charge on any atom is 0.0712 e. The molecule has 1 aliphatic rings. The van der Waals surface area contributed by atoms with Crippen LogP contribution in [0.2, 0.25) is 0 Å². The summed E-state index contributed by atoms with van der Waals surface area (Å²) in [6, 6.07) is 0. The molecule has 0 aromatic heterocycles. The van der Waals surface area contributed by atoms with Crippen molar-refractivity contribution in [3.8, 4) is 0 Å². The van der Waals surface area contributed by atoms with Crippen LogP contribution in [-0.4, -0.2) is 11.6 Å². The summed E-state index contributed by atoms with van der Waals surface area (Å²) in [5.41, 5.74) is 1.50. The second kappa shape index (κ2) is 3.84. The highest BCUT2D eigenvalue weighted by atomic mass is 35.5. The van der Waals surface area contributed by atoms with E-state index >= 15 is 0 Å². The van der Waals surface area contributed by atoms with E-state index in [2.05, 4.69) is 4.99 Å². The van der Waals surface area contributed by atoms with Gasteiger partial charge in [-0.1, -0.05) is 29.4 Å². The molecule has 0 saturated carbocycles. The van der Waals surface area contributed by atoms with Crippen molar-refractivity contribution in [2.45, 2.75) is 6.92 Å². The van der Waals surface area contributed by atoms with Crippen LogP contribution in [0.25, 0.3) is 0 Å². The summed E-state index contributed by atoms with van der Waals surface area (Å²) >= 11 is 7.05. The smallest absolute Gasteiger partial charge is 0.0712 e. The van der Waals surface area contributed by atoms with Crippen molar-refractivity contribution >= 4 is 28.4 Å². The summed E-state index contributed by atoms with van der Waals surface area (Å²) in [5.74, 6) is 0. The standard InChI is InChI=1S/C7H8ClNS/c1-6-9-5-7(10-6)3-2-4-8/h2-4H,5H2,1H3/b4-2+,7-3+. The molecule has 0 atom stereocenters. The summed E-state index contributed by atoms with van der Waals surface area (Å²) in [4.78, 5) is 5.46. The summed E-state index contributed by atoms with van der Waals surface area (Å²) in [6.07, 6.45) is 3.80. The molecule has 0 saturated heterocycles. The van der Waals surface area contributed by atoms with Gasteiger partial charge in [0.25, 0.3) is 0 Å². The molecule has 10 heavy (non-hydrogen) atoms. The maximum atomic E-state index is 5.34. The number of allylic oxidation sites excluding steroid dienone is 2. The van der Waals surface area contributed by atoms with Gasteiger partial charge in [0.15, 0.2) is 0 Å². The third-order valence-electron chi connectivity index (χ3n) is 1.09. The Kier molecular flexibility index (Phi) is 3.03. The van der Waals surface area contributed by atoms with Gasteiger partial charge in [-0.25, -0.2) is 0 Å². The Balaban J connectivity index is 2.49. The first-order valence-electron chi connectivity index (χ1n) is 2.98. The van der Waals surface area contributed by atoms with Crippen molar-refractivity contribution in [2.24, 2.45) is 4.99 Å². The van der Waals surface area contributed by atoms with Crippen molar-refractivity contribution in [3.05, 3.63) is 22.6 Å². The molecule has 1 heterocycles. The minimum absolute atomic E-state index is 0.817. The van der Waals surface area contributed by atoms with E-state index in [9.17, 15) is 0 Å². The monoisotopic (exact) mass is 173 g/mol. The van der Waals surface area contributed by atoms with Crippen LogP contribution in [0.1, 0.15) is 6.92 Å². The van der Waals surface area contributed by atoms with Crippen molar-refractivity contribution in [2.75, 3.05) is 6.54 Å². The lowest BCUT2D eigenvalue weighted by molar-refractivity contribution is 1.25. The van der Waals surface area contributed by atoms with Crippen LogP contribution in [0.15, 0.2) is 27.6 Å². The third-order valence-corrected chi connectivity index (χ3v) is 2.19. The first-order valence-corrected chi connectivity index (χ1v) is 4.23. The van der Waals surface area contributed by atoms with Gasteiger partial charge in [-0.15, -0.1) is 0 Å². The van der Waals surface area contributed by atoms with Gasteiger partial charge in [0, 0.05) is 10.4 Å². The molecule has 0 aromatic carbocycles. The van der Waals surface area contributed by atoms with Gasteiger partial charge < -0.3 is 0 Å². The lowest BCUT2D eigenvalue weighted by Gasteiger charge is -1.87. The zero-order valence-corrected chi connectivity index (χ0v) is 7.25. The Hall–Kier alpha value is -0.210. The molecule has 3 heteroatoms. The van der Waals surface area contributed by atoms with Gasteiger partial charge in [-0.05, 0) is 13.0 Å². The topological polar surface area (TPSA) is 12.4 Å². The average molecular weight is 174 g/mol. The van der Waals surface area contributed by atoms with E-state index in [0.717, 1.165) is 11.6 Å². The first kappa shape index (κ1) is 7.89. The minimum atomic E-state index is 0.817. The molecule has 0 radical (unpaired) electrons. The van der Waals surface area contributed by atoms with Crippen LogP contribution >= 0.6 is 23.4 Å². The molecule has 0 fully saturated rings. The Morgan fingerprint density at radius 1 is 1.70 bits per heavy atom. The molecule has 0 unspecified atom stereocenters. The number of aliphatic imine (C=N–C) groups is 1. The van der Waals surface area contributed by atoms with Crippen molar-refractivity contribution in [3.63, 3.8) is 0 Å². The van der Waals surface area contributed by atoms with E-state index in [0.29, 0.717) is 0 Å². The second-order valence-electron chi connectivity index (χ2n) is 1.89. The van der Waals surface area contributed by atoms with Crippen molar-refractivity contribution in [1.29, 1.82) is 0 Å². The molecule has 0 amide bonds. The maximum absolute atomic E-state index is 5.34. The SMILES string of the molecule is CC1=NC/C(=C\C=C\Cl)S1. The van der Waals surface area contributed by atoms with Crippen LogP contribution in [0.5, 0.6) is 0 Å². The van der Waals surface area contributed by atoms with Crippen LogP contribution in [0.3, 0.4) is 0 Å². The van der Waals surface area contributed by atoms with E-state index in [1.54, 1.807) is 11.8 Å². The molecule has 0 aromatic rings. The van der Waals surface area contributed by atoms with Gasteiger partial charge in [0.05, 0.1) is 11.6 Å². The largest absolute Gasteiger partial charge is 0.278 e. The predicted octanol–water partition coefficient (Wildman–Crippen LogP) is 2.79. The van der Waals surface area contributed by atoms with Gasteiger partial charge in [-0.3, -0.25) is 4.99 Å². The van der Waals surface area contributed by atoms with Crippen LogP contribution < -0.4 is 0 Å². The fraction of sp³-hybridized carbons (Fsp3) is 0.286. The number of hydrogen-bond donors (Lipinski definition) is 0. The zero-order chi connectivity index (χ0) is 7.40. The molecule has 1 rings (SSSR count). The Labute approximate surface area is 69.9 Å². The van der Waals surface area contributed by atoms with E-state index < -0.39 is 0 Å². The highest BCUT2D eigenvalue weighted by Gasteiger charge is 2.05. The molecule has 54 valence electrons. The highest BCUT2D eigenvalue weighted by molar-refractivity contribution is 8.17. The lowest BCUT2D eigenvalue weighted by Crippen LogP contribution is -1.72. The number of nitrogens with zero attached hydrogens (tertiary/aromatic N) is 1. The fourth-order valence-corrected chi connectivity index (χ4v) is 1.53. The Morgan fingerprint density at radius 3 is 3.00 bits per heavy atom. The van der Waals surface area contributed by atoms with E-state index in [1.165, 1.54) is 10.4 Å². The minimum Gasteiger partial charge on any atom is -0.278 e. The first-order chi connectivity index (χ1) is 4.83. The quantitative estimate of drug-likeness (QED) is 0.594. The highest BCUT2D eigenvalue weighted by Crippen LogP contribution is 2.24. The number of hydrogen-bond acceptors (Lipinski definition) is 2. The van der Waals surface area contributed by atoms with Crippen molar-refractivity contribution in [1.82, 2.24) is 0 Å². The lowest BCUT2D eigenvalue weighted by atomic mass is 10.5. The number of rotatable bonds is 1. The van der Waals surface area contributed by atoms with Crippen LogP contribution in [0.4, 0.5) is 0 Å². The summed E-state index contributed by atoms with van der Waals surface area (Å²) in [5, 5.41) is 1.13. The molecule has 1 nitrogen and oxygen atoms in total. The van der Waals surface area contributed by atoms with E-state index in [4.69, 9.17) is 11.6 Å². The van der Waals surface area contributed by atoms with Crippen LogP contribution in [-0.2, 0) is 0 Å². The predicted molar refractivity (Wildman–Crippen MR) is 48.6 cm³/mol. The third kappa shape index (κ3) is 2.20. The van der Waals surface area contributed by atoms with Crippen molar-refractivity contribution < 1.29 is 0 Å². The second-order valence-corrected chi connectivity index (χ2v) is 3.46. The molecule has 0 spiro atoms. The fourth-order valence-electron chi connectivity index (χ4n) is 0.674. The van der Waals surface area contributed by atoms with Gasteiger partial charge in [-0.2, -0.15) is 0 Å². The molecule has 1 aliphatic heterocycles. The van der Waals surface area contributed by atoms with Gasteiger partial charge in [0.2, 0.25) is 0 Å². The summed E-state index contributed by atoms with van der Waals surface area (Å²) < 4.78 is 0. The molecule has 0 N–H and O–H groups in total. The van der Waals surface area contributed by atoms with E-state index in [-0.39, 0.29) is 0 Å². The number of thioether (sulfide) groups is 1. The normalized spacial score (nSPS) is 22.6. The molecular formula is C7H8ClNS. The Bertz CT molecular complexity index is 206. The van der Waals surface area contributed by atoms with Gasteiger partial charge in [0.1, 0.15) is 0 Å².